The van der Waals surface area contributed by atoms with Crippen molar-refractivity contribution >= 4 is 12.6 Å². The molecule has 3 aromatic rings. The van der Waals surface area contributed by atoms with E-state index in [1.165, 1.54) is 0 Å². The SMILES string of the molecule is CC1(C)OB(c2coc(-c3ccncc3)c2-c2ccncc2)OC1(C)C. The number of hydrogen-bond acceptors (Lipinski definition) is 5. The van der Waals surface area contributed by atoms with Gasteiger partial charge in [0.05, 0.1) is 17.5 Å². The van der Waals surface area contributed by atoms with Crippen molar-refractivity contribution in [3.8, 4) is 22.5 Å². The van der Waals surface area contributed by atoms with Gasteiger partial charge in [0.25, 0.3) is 0 Å². The van der Waals surface area contributed by atoms with E-state index in [0.717, 1.165) is 27.9 Å². The van der Waals surface area contributed by atoms with E-state index >= 15 is 0 Å². The van der Waals surface area contributed by atoms with Crippen LogP contribution in [0.2, 0.25) is 0 Å². The second-order valence-electron chi connectivity index (χ2n) is 7.46. The Hall–Kier alpha value is -2.44. The van der Waals surface area contributed by atoms with Gasteiger partial charge in [-0.05, 0) is 57.5 Å². The van der Waals surface area contributed by atoms with Gasteiger partial charge in [-0.2, -0.15) is 0 Å². The first kappa shape index (κ1) is 17.0. The highest BCUT2D eigenvalue weighted by molar-refractivity contribution is 6.64. The largest absolute Gasteiger partial charge is 0.498 e. The molecule has 6 heteroatoms. The summed E-state index contributed by atoms with van der Waals surface area (Å²) in [5, 5.41) is 0. The summed E-state index contributed by atoms with van der Waals surface area (Å²) in [6.07, 6.45) is 8.78. The zero-order chi connectivity index (χ0) is 18.4. The quantitative estimate of drug-likeness (QED) is 0.676. The molecular formula is C20H21BN2O3. The van der Waals surface area contributed by atoms with Gasteiger partial charge in [0.2, 0.25) is 0 Å². The number of pyridine rings is 2. The Balaban J connectivity index is 1.86. The van der Waals surface area contributed by atoms with Gasteiger partial charge < -0.3 is 13.7 Å². The lowest BCUT2D eigenvalue weighted by atomic mass is 9.76. The van der Waals surface area contributed by atoms with Crippen LogP contribution in [0.3, 0.4) is 0 Å². The fraction of sp³-hybridized carbons (Fsp3) is 0.300. The molecule has 0 N–H and O–H groups in total. The molecule has 4 rings (SSSR count). The fourth-order valence-corrected chi connectivity index (χ4v) is 3.05. The zero-order valence-electron chi connectivity index (χ0n) is 15.4. The minimum absolute atomic E-state index is 0.415. The van der Waals surface area contributed by atoms with Crippen molar-refractivity contribution in [3.05, 3.63) is 55.3 Å². The average Bonchev–Trinajstić information content (AvgIpc) is 3.15. The van der Waals surface area contributed by atoms with E-state index in [-0.39, 0.29) is 0 Å². The molecule has 0 spiro atoms. The lowest BCUT2D eigenvalue weighted by molar-refractivity contribution is 0.00578. The van der Waals surface area contributed by atoms with Crippen molar-refractivity contribution in [1.82, 2.24) is 9.97 Å². The van der Waals surface area contributed by atoms with Crippen molar-refractivity contribution in [1.29, 1.82) is 0 Å². The molecule has 1 saturated heterocycles. The molecule has 0 amide bonds. The first-order valence-electron chi connectivity index (χ1n) is 8.67. The molecule has 1 aliphatic rings. The Bertz CT molecular complexity index is 891. The molecule has 1 fully saturated rings. The Morgan fingerprint density at radius 1 is 0.769 bits per heavy atom. The van der Waals surface area contributed by atoms with Gasteiger partial charge in [0.15, 0.2) is 0 Å². The maximum absolute atomic E-state index is 6.25. The van der Waals surface area contributed by atoms with Crippen LogP contribution < -0.4 is 5.46 Å². The second kappa shape index (κ2) is 6.07. The Kier molecular flexibility index (Phi) is 3.97. The summed E-state index contributed by atoms with van der Waals surface area (Å²) >= 11 is 0. The zero-order valence-corrected chi connectivity index (χ0v) is 15.4. The lowest BCUT2D eigenvalue weighted by Gasteiger charge is -2.32. The molecule has 0 aromatic carbocycles. The molecule has 0 aliphatic carbocycles. The maximum atomic E-state index is 6.25. The third-order valence-corrected chi connectivity index (χ3v) is 5.24. The first-order valence-corrected chi connectivity index (χ1v) is 8.67. The van der Waals surface area contributed by atoms with Gasteiger partial charge in [0, 0.05) is 41.4 Å². The Morgan fingerprint density at radius 2 is 1.27 bits per heavy atom. The standard InChI is InChI=1S/C20H21BN2O3/c1-19(2)20(3,4)26-21(25-19)16-13-24-18(15-7-11-23-12-8-15)17(16)14-5-9-22-10-6-14/h5-13H,1-4H3. The second-order valence-corrected chi connectivity index (χ2v) is 7.46. The van der Waals surface area contributed by atoms with Crippen molar-refractivity contribution in [3.63, 3.8) is 0 Å². The fourth-order valence-electron chi connectivity index (χ4n) is 3.05. The van der Waals surface area contributed by atoms with E-state index in [1.807, 2.05) is 52.0 Å². The van der Waals surface area contributed by atoms with Crippen LogP contribution in [0.4, 0.5) is 0 Å². The molecule has 0 saturated carbocycles. The van der Waals surface area contributed by atoms with E-state index in [1.54, 1.807) is 31.1 Å². The third-order valence-electron chi connectivity index (χ3n) is 5.24. The van der Waals surface area contributed by atoms with Gasteiger partial charge >= 0.3 is 7.12 Å². The van der Waals surface area contributed by atoms with Crippen LogP contribution in [-0.4, -0.2) is 28.3 Å². The number of hydrogen-bond donors (Lipinski definition) is 0. The van der Waals surface area contributed by atoms with Crippen molar-refractivity contribution in [2.45, 2.75) is 38.9 Å². The number of nitrogens with zero attached hydrogens (tertiary/aromatic N) is 2. The summed E-state index contributed by atoms with van der Waals surface area (Å²) in [6.45, 7) is 8.18. The molecule has 26 heavy (non-hydrogen) atoms. The van der Waals surface area contributed by atoms with Gasteiger partial charge in [-0.1, -0.05) is 0 Å². The normalized spacial score (nSPS) is 18.2. The molecular weight excluding hydrogens is 327 g/mol. The highest BCUT2D eigenvalue weighted by atomic mass is 16.7. The van der Waals surface area contributed by atoms with Gasteiger partial charge in [-0.25, -0.2) is 0 Å². The van der Waals surface area contributed by atoms with Crippen molar-refractivity contribution in [2.24, 2.45) is 0 Å². The Morgan fingerprint density at radius 3 is 1.81 bits per heavy atom. The molecule has 5 nitrogen and oxygen atoms in total. The molecule has 0 atom stereocenters. The van der Waals surface area contributed by atoms with Crippen LogP contribution in [0.25, 0.3) is 22.5 Å². The highest BCUT2D eigenvalue weighted by Crippen LogP contribution is 2.39. The summed E-state index contributed by atoms with van der Waals surface area (Å²) in [5.74, 6) is 0.767. The van der Waals surface area contributed by atoms with E-state index < -0.39 is 18.3 Å². The minimum Gasteiger partial charge on any atom is -0.464 e. The van der Waals surface area contributed by atoms with Crippen molar-refractivity contribution < 1.29 is 13.7 Å². The highest BCUT2D eigenvalue weighted by Gasteiger charge is 2.53. The number of aromatic nitrogens is 2. The monoisotopic (exact) mass is 348 g/mol. The molecule has 4 heterocycles. The van der Waals surface area contributed by atoms with Crippen LogP contribution in [0.5, 0.6) is 0 Å². The molecule has 3 aromatic heterocycles. The average molecular weight is 348 g/mol. The van der Waals surface area contributed by atoms with Gasteiger partial charge in [-0.3, -0.25) is 9.97 Å². The van der Waals surface area contributed by atoms with Crippen LogP contribution in [0.15, 0.2) is 59.7 Å². The third kappa shape index (κ3) is 2.75. The topological polar surface area (TPSA) is 57.4 Å². The lowest BCUT2D eigenvalue weighted by Crippen LogP contribution is -2.41. The smallest absolute Gasteiger partial charge is 0.464 e. The van der Waals surface area contributed by atoms with Crippen LogP contribution in [0.1, 0.15) is 27.7 Å². The molecule has 1 aliphatic heterocycles. The van der Waals surface area contributed by atoms with Crippen LogP contribution in [-0.2, 0) is 9.31 Å². The predicted octanol–water partition coefficient (Wildman–Crippen LogP) is 3.70. The van der Waals surface area contributed by atoms with Crippen LogP contribution >= 0.6 is 0 Å². The molecule has 0 unspecified atom stereocenters. The van der Waals surface area contributed by atoms with E-state index in [0.29, 0.717) is 0 Å². The van der Waals surface area contributed by atoms with E-state index in [9.17, 15) is 0 Å². The summed E-state index contributed by atoms with van der Waals surface area (Å²) in [4.78, 5) is 8.22. The van der Waals surface area contributed by atoms with Gasteiger partial charge in [0.1, 0.15) is 5.76 Å². The first-order chi connectivity index (χ1) is 12.4. The number of furan rings is 1. The van der Waals surface area contributed by atoms with Crippen molar-refractivity contribution in [2.75, 3.05) is 0 Å². The summed E-state index contributed by atoms with van der Waals surface area (Å²) < 4.78 is 18.5. The van der Waals surface area contributed by atoms with Crippen LogP contribution in [0, 0.1) is 0 Å². The minimum atomic E-state index is -0.498. The molecule has 132 valence electrons. The number of rotatable bonds is 3. The molecule has 0 bridgehead atoms. The summed E-state index contributed by atoms with van der Waals surface area (Å²) in [5.41, 5.74) is 2.96. The van der Waals surface area contributed by atoms with E-state index in [2.05, 4.69) is 9.97 Å². The summed E-state index contributed by atoms with van der Waals surface area (Å²) in [6, 6.07) is 7.78. The van der Waals surface area contributed by atoms with Gasteiger partial charge in [-0.15, -0.1) is 0 Å². The Labute approximate surface area is 153 Å². The van der Waals surface area contributed by atoms with E-state index in [4.69, 9.17) is 13.7 Å². The molecule has 0 radical (unpaired) electrons. The summed E-state index contributed by atoms with van der Waals surface area (Å²) in [7, 11) is -0.498. The predicted molar refractivity (Wildman–Crippen MR) is 101 cm³/mol. The maximum Gasteiger partial charge on any atom is 0.498 e.